The summed E-state index contributed by atoms with van der Waals surface area (Å²) in [5.41, 5.74) is 0.0372. The molecule has 0 spiro atoms. The maximum Gasteiger partial charge on any atom is 0.414 e. The second-order valence-corrected chi connectivity index (χ2v) is 7.91. The van der Waals surface area contributed by atoms with Gasteiger partial charge >= 0.3 is 6.09 Å². The van der Waals surface area contributed by atoms with Gasteiger partial charge in [0.15, 0.2) is 0 Å². The van der Waals surface area contributed by atoms with Crippen molar-refractivity contribution in [3.8, 4) is 0 Å². The number of anilines is 1. The summed E-state index contributed by atoms with van der Waals surface area (Å²) in [4.78, 5) is 37.7. The minimum atomic E-state index is -0.736. The lowest BCUT2D eigenvalue weighted by Gasteiger charge is -2.20. The van der Waals surface area contributed by atoms with Crippen LogP contribution in [0.25, 0.3) is 0 Å². The first-order chi connectivity index (χ1) is 14.3. The Labute approximate surface area is 171 Å². The van der Waals surface area contributed by atoms with Gasteiger partial charge in [-0.2, -0.15) is 0 Å². The number of ether oxygens (including phenoxy) is 1. The maximum absolute atomic E-state index is 14.8. The fourth-order valence-corrected chi connectivity index (χ4v) is 4.49. The van der Waals surface area contributed by atoms with Crippen molar-refractivity contribution in [1.82, 2.24) is 10.2 Å². The largest absolute Gasteiger partial charge is 0.442 e. The van der Waals surface area contributed by atoms with Crippen LogP contribution in [-0.4, -0.2) is 66.8 Å². The number of fused-ring (bicyclic) bond motifs is 1. The van der Waals surface area contributed by atoms with Gasteiger partial charge in [-0.25, -0.2) is 13.6 Å². The minimum Gasteiger partial charge on any atom is -0.442 e. The lowest BCUT2D eigenvalue weighted by molar-refractivity contribution is -0.133. The van der Waals surface area contributed by atoms with Crippen LogP contribution >= 0.6 is 0 Å². The van der Waals surface area contributed by atoms with Crippen LogP contribution in [-0.2, 0) is 14.3 Å². The first-order valence-corrected chi connectivity index (χ1v) is 9.96. The van der Waals surface area contributed by atoms with E-state index in [2.05, 4.69) is 5.32 Å². The van der Waals surface area contributed by atoms with Crippen LogP contribution in [0.4, 0.5) is 19.3 Å². The molecule has 2 saturated heterocycles. The Morgan fingerprint density at radius 1 is 1.20 bits per heavy atom. The molecule has 4 atom stereocenters. The average molecular weight is 423 g/mol. The van der Waals surface area contributed by atoms with Crippen molar-refractivity contribution in [3.63, 3.8) is 0 Å². The lowest BCUT2D eigenvalue weighted by atomic mass is 10.0. The standard InChI is InChI=1S/C20H23F2N3O5/c1-2-16(27)23-5-11-6-25(20(29)30-11)10-3-14(21)19(15(22)4-10)18-12-7-24(8-13(12)18)17(28)9-26/h3-4,11-13,18,26H,2,5-9H2,1H3,(H,23,27)/t11-,12-,13+,18+/m0/s1. The van der Waals surface area contributed by atoms with Crippen molar-refractivity contribution in [2.24, 2.45) is 11.8 Å². The van der Waals surface area contributed by atoms with E-state index < -0.39 is 30.4 Å². The van der Waals surface area contributed by atoms with Crippen molar-refractivity contribution in [2.45, 2.75) is 25.4 Å². The molecule has 0 radical (unpaired) electrons. The van der Waals surface area contributed by atoms with Gasteiger partial charge in [0.25, 0.3) is 0 Å². The average Bonchev–Trinajstić information content (AvgIpc) is 3.06. The number of cyclic esters (lactones) is 1. The van der Waals surface area contributed by atoms with E-state index in [4.69, 9.17) is 9.84 Å². The Hall–Kier alpha value is -2.75. The molecule has 0 unspecified atom stereocenters. The third-order valence-electron chi connectivity index (χ3n) is 6.11. The fourth-order valence-electron chi connectivity index (χ4n) is 4.49. The Bertz CT molecular complexity index is 860. The molecule has 162 valence electrons. The van der Waals surface area contributed by atoms with E-state index in [-0.39, 0.29) is 53.9 Å². The highest BCUT2D eigenvalue weighted by Crippen LogP contribution is 2.59. The number of nitrogens with one attached hydrogen (secondary N) is 1. The number of rotatable bonds is 6. The van der Waals surface area contributed by atoms with Gasteiger partial charge in [-0.05, 0) is 29.9 Å². The molecule has 3 amide bonds. The van der Waals surface area contributed by atoms with Crippen LogP contribution < -0.4 is 10.2 Å². The molecule has 4 rings (SSSR count). The summed E-state index contributed by atoms with van der Waals surface area (Å²) in [5.74, 6) is -2.41. The predicted molar refractivity (Wildman–Crippen MR) is 101 cm³/mol. The highest BCUT2D eigenvalue weighted by Gasteiger charge is 2.58. The summed E-state index contributed by atoms with van der Waals surface area (Å²) in [5, 5.41) is 11.6. The molecule has 2 aliphatic heterocycles. The van der Waals surface area contributed by atoms with Crippen molar-refractivity contribution < 1.29 is 33.0 Å². The quantitative estimate of drug-likeness (QED) is 0.711. The fraction of sp³-hybridized carbons (Fsp3) is 0.550. The molecule has 0 bridgehead atoms. The third-order valence-corrected chi connectivity index (χ3v) is 6.11. The number of amides is 3. The summed E-state index contributed by atoms with van der Waals surface area (Å²) in [7, 11) is 0. The zero-order valence-electron chi connectivity index (χ0n) is 16.4. The minimum absolute atomic E-state index is 0.0239. The highest BCUT2D eigenvalue weighted by molar-refractivity contribution is 5.90. The topological polar surface area (TPSA) is 99.2 Å². The second kappa shape index (κ2) is 7.82. The summed E-state index contributed by atoms with van der Waals surface area (Å²) in [6.45, 7) is 2.08. The molecule has 10 heteroatoms. The van der Waals surface area contributed by atoms with Gasteiger partial charge < -0.3 is 20.1 Å². The number of carbonyl (C=O) groups excluding carboxylic acids is 3. The molecule has 3 fully saturated rings. The number of nitrogens with zero attached hydrogens (tertiary/aromatic N) is 2. The summed E-state index contributed by atoms with van der Waals surface area (Å²) < 4.78 is 34.8. The monoisotopic (exact) mass is 423 g/mol. The Morgan fingerprint density at radius 3 is 2.40 bits per heavy atom. The van der Waals surface area contributed by atoms with Crippen LogP contribution in [0.5, 0.6) is 0 Å². The zero-order valence-corrected chi connectivity index (χ0v) is 16.4. The Morgan fingerprint density at radius 2 is 1.83 bits per heavy atom. The lowest BCUT2D eigenvalue weighted by Crippen LogP contribution is -2.34. The summed E-state index contributed by atoms with van der Waals surface area (Å²) in [6.07, 6.45) is -1.02. The molecule has 1 saturated carbocycles. The molecule has 1 aromatic carbocycles. The SMILES string of the molecule is CCC(=O)NC[C@H]1CN(c2cc(F)c([C@H]3[C@@H]4CN(C(=O)CO)C[C@@H]43)c(F)c2)C(=O)O1. The van der Waals surface area contributed by atoms with Gasteiger partial charge in [-0.1, -0.05) is 6.92 Å². The third kappa shape index (κ3) is 3.60. The number of hydrogen-bond donors (Lipinski definition) is 2. The zero-order chi connectivity index (χ0) is 21.6. The van der Waals surface area contributed by atoms with Gasteiger partial charge in [0.1, 0.15) is 24.3 Å². The van der Waals surface area contributed by atoms with Crippen LogP contribution in [0.1, 0.15) is 24.8 Å². The maximum atomic E-state index is 14.8. The molecule has 30 heavy (non-hydrogen) atoms. The first-order valence-electron chi connectivity index (χ1n) is 9.96. The van der Waals surface area contributed by atoms with E-state index >= 15 is 0 Å². The van der Waals surface area contributed by atoms with Gasteiger partial charge in [0.2, 0.25) is 11.8 Å². The summed E-state index contributed by atoms with van der Waals surface area (Å²) in [6, 6.07) is 2.24. The van der Waals surface area contributed by atoms with Crippen LogP contribution in [0.3, 0.4) is 0 Å². The van der Waals surface area contributed by atoms with Gasteiger partial charge in [-0.15, -0.1) is 0 Å². The van der Waals surface area contributed by atoms with Crippen LogP contribution in [0.2, 0.25) is 0 Å². The molecule has 1 aliphatic carbocycles. The van der Waals surface area contributed by atoms with Crippen LogP contribution in [0.15, 0.2) is 12.1 Å². The van der Waals surface area contributed by atoms with Gasteiger partial charge in [0, 0.05) is 25.1 Å². The van der Waals surface area contributed by atoms with Crippen molar-refractivity contribution >= 4 is 23.6 Å². The molecule has 3 aliphatic rings. The van der Waals surface area contributed by atoms with Crippen molar-refractivity contribution in [1.29, 1.82) is 0 Å². The molecule has 2 heterocycles. The number of likely N-dealkylation sites (tertiary alicyclic amines) is 1. The van der Waals surface area contributed by atoms with Crippen molar-refractivity contribution in [3.05, 3.63) is 29.3 Å². The molecular weight excluding hydrogens is 400 g/mol. The van der Waals surface area contributed by atoms with Crippen LogP contribution in [0, 0.1) is 23.5 Å². The summed E-state index contributed by atoms with van der Waals surface area (Å²) >= 11 is 0. The number of hydrogen-bond acceptors (Lipinski definition) is 5. The second-order valence-electron chi connectivity index (χ2n) is 7.91. The number of benzene rings is 1. The predicted octanol–water partition coefficient (Wildman–Crippen LogP) is 0.980. The van der Waals surface area contributed by atoms with Gasteiger partial charge in [0.05, 0.1) is 18.8 Å². The number of aliphatic hydroxyl groups excluding tert-OH is 1. The Balaban J connectivity index is 1.44. The number of aliphatic hydroxyl groups is 1. The number of carbonyl (C=O) groups is 3. The molecule has 1 aromatic rings. The van der Waals surface area contributed by atoms with E-state index in [9.17, 15) is 23.2 Å². The highest BCUT2D eigenvalue weighted by atomic mass is 19.1. The van der Waals surface area contributed by atoms with E-state index in [0.717, 1.165) is 17.0 Å². The van der Waals surface area contributed by atoms with E-state index in [0.29, 0.717) is 19.5 Å². The van der Waals surface area contributed by atoms with E-state index in [1.165, 1.54) is 4.90 Å². The smallest absolute Gasteiger partial charge is 0.414 e. The van der Waals surface area contributed by atoms with Gasteiger partial charge in [-0.3, -0.25) is 14.5 Å². The van der Waals surface area contributed by atoms with E-state index in [1.807, 2.05) is 0 Å². The van der Waals surface area contributed by atoms with Crippen molar-refractivity contribution in [2.75, 3.05) is 37.7 Å². The number of halogens is 2. The number of piperidine rings is 1. The normalized spacial score (nSPS) is 27.1. The molecular formula is C20H23F2N3O5. The van der Waals surface area contributed by atoms with E-state index in [1.54, 1.807) is 6.92 Å². The first kappa shape index (κ1) is 20.5. The molecule has 0 aromatic heterocycles. The molecule has 2 N–H and O–H groups in total. The molecule has 8 nitrogen and oxygen atoms in total. The Kier molecular flexibility index (Phi) is 5.35.